The SMILES string of the molecule is COc1ccc(C(=O)CCCc2ccc(Cl)cc2)cc1. The number of benzene rings is 2. The minimum atomic E-state index is 0.168. The van der Waals surface area contributed by atoms with Crippen molar-refractivity contribution < 1.29 is 9.53 Å². The van der Waals surface area contributed by atoms with Crippen LogP contribution in [-0.2, 0) is 6.42 Å². The van der Waals surface area contributed by atoms with Gasteiger partial charge in [-0.1, -0.05) is 23.7 Å². The Balaban J connectivity index is 1.83. The number of Topliss-reactive ketones (excluding diaryl/α,β-unsaturated/α-hetero) is 1. The molecular formula is C17H17ClO2. The number of hydrogen-bond donors (Lipinski definition) is 0. The molecule has 3 heteroatoms. The lowest BCUT2D eigenvalue weighted by Crippen LogP contribution is -2.00. The fourth-order valence-corrected chi connectivity index (χ4v) is 2.15. The summed E-state index contributed by atoms with van der Waals surface area (Å²) >= 11 is 5.84. The molecule has 2 rings (SSSR count). The van der Waals surface area contributed by atoms with Crippen LogP contribution in [0.2, 0.25) is 5.02 Å². The summed E-state index contributed by atoms with van der Waals surface area (Å²) in [6.45, 7) is 0. The van der Waals surface area contributed by atoms with Gasteiger partial charge in [0.2, 0.25) is 0 Å². The van der Waals surface area contributed by atoms with Gasteiger partial charge in [-0.15, -0.1) is 0 Å². The molecular weight excluding hydrogens is 272 g/mol. The topological polar surface area (TPSA) is 26.3 Å². The Morgan fingerprint density at radius 2 is 1.70 bits per heavy atom. The van der Waals surface area contributed by atoms with Gasteiger partial charge < -0.3 is 4.74 Å². The van der Waals surface area contributed by atoms with Crippen molar-refractivity contribution in [2.24, 2.45) is 0 Å². The Bertz CT molecular complexity index is 559. The first-order valence-corrected chi connectivity index (χ1v) is 6.98. The summed E-state index contributed by atoms with van der Waals surface area (Å²) in [5.74, 6) is 0.935. The molecule has 0 aliphatic rings. The predicted molar refractivity (Wildman–Crippen MR) is 81.7 cm³/mol. The van der Waals surface area contributed by atoms with Gasteiger partial charge in [0, 0.05) is 17.0 Å². The van der Waals surface area contributed by atoms with Crippen LogP contribution in [0.3, 0.4) is 0 Å². The summed E-state index contributed by atoms with van der Waals surface area (Å²) in [6.07, 6.45) is 2.28. The van der Waals surface area contributed by atoms with Crippen LogP contribution in [0.25, 0.3) is 0 Å². The van der Waals surface area contributed by atoms with Gasteiger partial charge >= 0.3 is 0 Å². The number of rotatable bonds is 6. The van der Waals surface area contributed by atoms with Gasteiger partial charge in [-0.25, -0.2) is 0 Å². The van der Waals surface area contributed by atoms with E-state index >= 15 is 0 Å². The first kappa shape index (κ1) is 14.6. The molecule has 2 aromatic rings. The number of carbonyl (C=O) groups excluding carboxylic acids is 1. The predicted octanol–water partition coefficient (Wildman–Crippen LogP) is 4.55. The normalized spacial score (nSPS) is 10.3. The van der Waals surface area contributed by atoms with Gasteiger partial charge in [0.1, 0.15) is 5.75 Å². The zero-order valence-corrected chi connectivity index (χ0v) is 12.2. The van der Waals surface area contributed by atoms with Gasteiger partial charge in [0.15, 0.2) is 5.78 Å². The fourth-order valence-electron chi connectivity index (χ4n) is 2.03. The second kappa shape index (κ2) is 7.11. The molecule has 104 valence electrons. The van der Waals surface area contributed by atoms with Crippen molar-refractivity contribution >= 4 is 17.4 Å². The molecule has 0 heterocycles. The van der Waals surface area contributed by atoms with Gasteiger partial charge in [-0.2, -0.15) is 0 Å². The first-order valence-electron chi connectivity index (χ1n) is 6.61. The quantitative estimate of drug-likeness (QED) is 0.729. The molecule has 0 fully saturated rings. The number of hydrogen-bond acceptors (Lipinski definition) is 2. The maximum atomic E-state index is 12.0. The van der Waals surface area contributed by atoms with Crippen LogP contribution < -0.4 is 4.74 Å². The maximum absolute atomic E-state index is 12.0. The van der Waals surface area contributed by atoms with Gasteiger partial charge in [-0.05, 0) is 54.8 Å². The summed E-state index contributed by atoms with van der Waals surface area (Å²) in [5.41, 5.74) is 1.94. The summed E-state index contributed by atoms with van der Waals surface area (Å²) in [7, 11) is 1.61. The second-order valence-corrected chi connectivity index (χ2v) is 5.07. The van der Waals surface area contributed by atoms with Crippen molar-refractivity contribution in [2.45, 2.75) is 19.3 Å². The van der Waals surface area contributed by atoms with E-state index in [-0.39, 0.29) is 5.78 Å². The van der Waals surface area contributed by atoms with E-state index in [1.54, 1.807) is 7.11 Å². The first-order chi connectivity index (χ1) is 9.69. The number of methoxy groups -OCH3 is 1. The molecule has 0 saturated heterocycles. The smallest absolute Gasteiger partial charge is 0.162 e. The number of halogens is 1. The van der Waals surface area contributed by atoms with E-state index in [0.717, 1.165) is 29.2 Å². The van der Waals surface area contributed by atoms with Gasteiger partial charge in [-0.3, -0.25) is 4.79 Å². The highest BCUT2D eigenvalue weighted by Crippen LogP contribution is 2.15. The summed E-state index contributed by atoms with van der Waals surface area (Å²) in [5, 5.41) is 0.739. The Kier molecular flexibility index (Phi) is 5.19. The molecule has 0 aliphatic heterocycles. The molecule has 0 aromatic heterocycles. The molecule has 0 N–H and O–H groups in total. The highest BCUT2D eigenvalue weighted by molar-refractivity contribution is 6.30. The van der Waals surface area contributed by atoms with Crippen LogP contribution in [-0.4, -0.2) is 12.9 Å². The molecule has 0 amide bonds. The molecule has 20 heavy (non-hydrogen) atoms. The van der Waals surface area contributed by atoms with E-state index in [4.69, 9.17) is 16.3 Å². The Hall–Kier alpha value is -1.80. The van der Waals surface area contributed by atoms with Crippen molar-refractivity contribution in [1.29, 1.82) is 0 Å². The second-order valence-electron chi connectivity index (χ2n) is 4.63. The largest absolute Gasteiger partial charge is 0.497 e. The van der Waals surface area contributed by atoms with Gasteiger partial charge in [0.05, 0.1) is 7.11 Å². The van der Waals surface area contributed by atoms with Crippen molar-refractivity contribution in [3.8, 4) is 5.75 Å². The van der Waals surface area contributed by atoms with Crippen LogP contribution in [0.4, 0.5) is 0 Å². The van der Waals surface area contributed by atoms with Crippen LogP contribution in [0, 0.1) is 0 Å². The summed E-state index contributed by atoms with van der Waals surface area (Å²) in [4.78, 5) is 12.0. The highest BCUT2D eigenvalue weighted by Gasteiger charge is 2.06. The van der Waals surface area contributed by atoms with Crippen LogP contribution in [0.1, 0.15) is 28.8 Å². The van der Waals surface area contributed by atoms with Gasteiger partial charge in [0.25, 0.3) is 0 Å². The van der Waals surface area contributed by atoms with Crippen molar-refractivity contribution in [3.63, 3.8) is 0 Å². The highest BCUT2D eigenvalue weighted by atomic mass is 35.5. The average Bonchev–Trinajstić information content (AvgIpc) is 2.49. The van der Waals surface area contributed by atoms with E-state index in [9.17, 15) is 4.79 Å². The average molecular weight is 289 g/mol. The fraction of sp³-hybridized carbons (Fsp3) is 0.235. The molecule has 0 saturated carbocycles. The van der Waals surface area contributed by atoms with E-state index in [1.165, 1.54) is 5.56 Å². The van der Waals surface area contributed by atoms with E-state index in [1.807, 2.05) is 48.5 Å². The van der Waals surface area contributed by atoms with Crippen molar-refractivity contribution in [2.75, 3.05) is 7.11 Å². The molecule has 0 radical (unpaired) electrons. The van der Waals surface area contributed by atoms with Crippen molar-refractivity contribution in [3.05, 3.63) is 64.7 Å². The molecule has 0 aliphatic carbocycles. The minimum absolute atomic E-state index is 0.168. The lowest BCUT2D eigenvalue weighted by atomic mass is 10.0. The molecule has 0 unspecified atom stereocenters. The summed E-state index contributed by atoms with van der Waals surface area (Å²) < 4.78 is 5.08. The lowest BCUT2D eigenvalue weighted by Gasteiger charge is -2.04. The lowest BCUT2D eigenvalue weighted by molar-refractivity contribution is 0.0980. The van der Waals surface area contributed by atoms with E-state index in [0.29, 0.717) is 6.42 Å². The van der Waals surface area contributed by atoms with Crippen molar-refractivity contribution in [1.82, 2.24) is 0 Å². The third kappa shape index (κ3) is 4.10. The number of ketones is 1. The summed E-state index contributed by atoms with van der Waals surface area (Å²) in [6, 6.07) is 15.0. The standard InChI is InChI=1S/C17H17ClO2/c1-20-16-11-7-14(8-12-16)17(19)4-2-3-13-5-9-15(18)10-6-13/h5-12H,2-4H2,1H3. The van der Waals surface area contributed by atoms with Crippen LogP contribution in [0.15, 0.2) is 48.5 Å². The molecule has 2 aromatic carbocycles. The Morgan fingerprint density at radius 1 is 1.05 bits per heavy atom. The number of aryl methyl sites for hydroxylation is 1. The number of ether oxygens (including phenoxy) is 1. The molecule has 0 spiro atoms. The molecule has 2 nitrogen and oxygen atoms in total. The Morgan fingerprint density at radius 3 is 2.30 bits per heavy atom. The zero-order chi connectivity index (χ0) is 14.4. The van der Waals surface area contributed by atoms with Crippen LogP contribution in [0.5, 0.6) is 5.75 Å². The van der Waals surface area contributed by atoms with Crippen LogP contribution >= 0.6 is 11.6 Å². The molecule has 0 bridgehead atoms. The maximum Gasteiger partial charge on any atom is 0.162 e. The number of carbonyl (C=O) groups is 1. The monoisotopic (exact) mass is 288 g/mol. The minimum Gasteiger partial charge on any atom is -0.497 e. The molecule has 0 atom stereocenters. The van der Waals surface area contributed by atoms with E-state index < -0.39 is 0 Å². The van der Waals surface area contributed by atoms with E-state index in [2.05, 4.69) is 0 Å². The third-order valence-corrected chi connectivity index (χ3v) is 3.45. The third-order valence-electron chi connectivity index (χ3n) is 3.19. The zero-order valence-electron chi connectivity index (χ0n) is 11.4. The Labute approximate surface area is 124 Å².